The van der Waals surface area contributed by atoms with Crippen molar-refractivity contribution in [1.29, 1.82) is 0 Å². The van der Waals surface area contributed by atoms with Gasteiger partial charge < -0.3 is 15.7 Å². The summed E-state index contributed by atoms with van der Waals surface area (Å²) < 4.78 is 0. The fourth-order valence-electron chi connectivity index (χ4n) is 1.71. The summed E-state index contributed by atoms with van der Waals surface area (Å²) in [5.74, 6) is 0. The number of hydrogen-bond donors (Lipinski definition) is 2. The van der Waals surface area contributed by atoms with Crippen molar-refractivity contribution in [3.63, 3.8) is 0 Å². The van der Waals surface area contributed by atoms with Crippen LogP contribution < -0.4 is 5.73 Å². The number of aliphatic hydroxyl groups is 1. The van der Waals surface area contributed by atoms with Gasteiger partial charge in [0.25, 0.3) is 0 Å². The molecule has 0 saturated heterocycles. The molecule has 0 spiro atoms. The van der Waals surface area contributed by atoms with Crippen LogP contribution >= 0.6 is 0 Å². The van der Waals surface area contributed by atoms with Crippen LogP contribution in [0, 0.1) is 6.92 Å². The van der Waals surface area contributed by atoms with Crippen molar-refractivity contribution in [2.45, 2.75) is 19.4 Å². The van der Waals surface area contributed by atoms with Crippen LogP contribution in [0.25, 0.3) is 0 Å². The molecule has 0 fully saturated rings. The highest BCUT2D eigenvalue weighted by Crippen LogP contribution is 2.05. The summed E-state index contributed by atoms with van der Waals surface area (Å²) in [6.45, 7) is 4.02. The average Bonchev–Trinajstić information content (AvgIpc) is 2.26. The minimum Gasteiger partial charge on any atom is -0.390 e. The minimum atomic E-state index is -0.414. The second-order valence-electron chi connectivity index (χ2n) is 4.39. The fourth-order valence-corrected chi connectivity index (χ4v) is 1.71. The van der Waals surface area contributed by atoms with Gasteiger partial charge >= 0.3 is 0 Å². The zero-order valence-corrected chi connectivity index (χ0v) is 10.2. The Morgan fingerprint density at radius 2 is 2.19 bits per heavy atom. The summed E-state index contributed by atoms with van der Waals surface area (Å²) in [4.78, 5) is 2.11. The molecule has 1 aromatic carbocycles. The average molecular weight is 222 g/mol. The van der Waals surface area contributed by atoms with Crippen molar-refractivity contribution in [3.8, 4) is 0 Å². The summed E-state index contributed by atoms with van der Waals surface area (Å²) in [5.41, 5.74) is 8.01. The van der Waals surface area contributed by atoms with Crippen molar-refractivity contribution >= 4 is 0 Å². The van der Waals surface area contributed by atoms with Crippen molar-refractivity contribution in [3.05, 3.63) is 35.4 Å². The van der Waals surface area contributed by atoms with Crippen molar-refractivity contribution < 1.29 is 5.11 Å². The third-order valence-corrected chi connectivity index (χ3v) is 2.66. The van der Waals surface area contributed by atoms with E-state index in [4.69, 9.17) is 5.73 Å². The van der Waals surface area contributed by atoms with Gasteiger partial charge in [0.15, 0.2) is 0 Å². The summed E-state index contributed by atoms with van der Waals surface area (Å²) >= 11 is 0. The van der Waals surface area contributed by atoms with Gasteiger partial charge in [-0.1, -0.05) is 29.8 Å². The summed E-state index contributed by atoms with van der Waals surface area (Å²) in [7, 11) is 2.01. The van der Waals surface area contributed by atoms with Crippen LogP contribution in [0.2, 0.25) is 0 Å². The number of aliphatic hydroxyl groups excluding tert-OH is 1. The Bertz CT molecular complexity index is 315. The summed E-state index contributed by atoms with van der Waals surface area (Å²) in [6, 6.07) is 8.53. The third kappa shape index (κ3) is 4.75. The van der Waals surface area contributed by atoms with E-state index >= 15 is 0 Å². The van der Waals surface area contributed by atoms with Crippen LogP contribution in [0.3, 0.4) is 0 Å². The lowest BCUT2D eigenvalue weighted by Gasteiger charge is -2.19. The maximum Gasteiger partial charge on any atom is 0.0788 e. The van der Waals surface area contributed by atoms with E-state index in [0.717, 1.165) is 13.0 Å². The van der Waals surface area contributed by atoms with Crippen LogP contribution in [-0.2, 0) is 6.42 Å². The molecule has 0 aliphatic carbocycles. The molecule has 0 aromatic heterocycles. The van der Waals surface area contributed by atoms with Gasteiger partial charge in [0, 0.05) is 19.6 Å². The van der Waals surface area contributed by atoms with Crippen LogP contribution in [0.1, 0.15) is 11.1 Å². The monoisotopic (exact) mass is 222 g/mol. The van der Waals surface area contributed by atoms with Gasteiger partial charge in [0.05, 0.1) is 6.10 Å². The molecular weight excluding hydrogens is 200 g/mol. The molecule has 1 aromatic rings. The summed E-state index contributed by atoms with van der Waals surface area (Å²) in [6.07, 6.45) is 0.595. The van der Waals surface area contributed by atoms with Crippen LogP contribution in [0.15, 0.2) is 24.3 Å². The van der Waals surface area contributed by atoms with Gasteiger partial charge in [-0.25, -0.2) is 0 Å². The lowest BCUT2D eigenvalue weighted by molar-refractivity contribution is 0.133. The number of hydrogen-bond acceptors (Lipinski definition) is 3. The number of likely N-dealkylation sites (N-methyl/N-ethyl adjacent to an activating group) is 1. The molecule has 1 atom stereocenters. The predicted octanol–water partition coefficient (Wildman–Crippen LogP) is 0.789. The number of benzene rings is 1. The zero-order chi connectivity index (χ0) is 12.0. The Labute approximate surface area is 97.9 Å². The third-order valence-electron chi connectivity index (χ3n) is 2.66. The minimum absolute atomic E-state index is 0.328. The normalized spacial score (nSPS) is 13.1. The highest BCUT2D eigenvalue weighted by atomic mass is 16.3. The highest BCUT2D eigenvalue weighted by Gasteiger charge is 2.05. The van der Waals surface area contributed by atoms with E-state index in [9.17, 15) is 5.11 Å². The second kappa shape index (κ2) is 6.63. The molecule has 0 aliphatic heterocycles. The Kier molecular flexibility index (Phi) is 5.46. The van der Waals surface area contributed by atoms with Gasteiger partial charge in [0.1, 0.15) is 0 Å². The van der Waals surface area contributed by atoms with Crippen molar-refractivity contribution in [1.82, 2.24) is 4.90 Å². The molecule has 0 bridgehead atoms. The van der Waals surface area contributed by atoms with E-state index in [0.29, 0.717) is 13.1 Å². The lowest BCUT2D eigenvalue weighted by atomic mass is 10.1. The van der Waals surface area contributed by atoms with Gasteiger partial charge in [0.2, 0.25) is 0 Å². The number of rotatable bonds is 6. The van der Waals surface area contributed by atoms with Gasteiger partial charge in [-0.2, -0.15) is 0 Å². The van der Waals surface area contributed by atoms with E-state index in [-0.39, 0.29) is 0 Å². The Hall–Kier alpha value is -0.900. The van der Waals surface area contributed by atoms with Gasteiger partial charge in [-0.05, 0) is 26.0 Å². The Morgan fingerprint density at radius 3 is 2.81 bits per heavy atom. The molecule has 0 aliphatic rings. The molecular formula is C13H22N2O. The largest absolute Gasteiger partial charge is 0.390 e. The van der Waals surface area contributed by atoms with E-state index in [1.54, 1.807) is 0 Å². The molecule has 3 heteroatoms. The molecule has 0 amide bonds. The first-order chi connectivity index (χ1) is 7.61. The Balaban J connectivity index is 2.34. The first-order valence-electron chi connectivity index (χ1n) is 5.74. The van der Waals surface area contributed by atoms with Gasteiger partial charge in [-0.3, -0.25) is 0 Å². The van der Waals surface area contributed by atoms with Gasteiger partial charge in [-0.15, -0.1) is 0 Å². The number of aryl methyl sites for hydroxylation is 1. The Morgan fingerprint density at radius 1 is 1.44 bits per heavy atom. The predicted molar refractivity (Wildman–Crippen MR) is 67.4 cm³/mol. The summed E-state index contributed by atoms with van der Waals surface area (Å²) in [5, 5.41) is 9.40. The van der Waals surface area contributed by atoms with Crippen LogP contribution in [-0.4, -0.2) is 42.8 Å². The van der Waals surface area contributed by atoms with Crippen molar-refractivity contribution in [2.75, 3.05) is 26.7 Å². The van der Waals surface area contributed by atoms with Crippen LogP contribution in [0.4, 0.5) is 0 Å². The number of nitrogens with two attached hydrogens (primary N) is 1. The first-order valence-corrected chi connectivity index (χ1v) is 5.74. The van der Waals surface area contributed by atoms with Crippen LogP contribution in [0.5, 0.6) is 0 Å². The maximum atomic E-state index is 9.40. The fraction of sp³-hybridized carbons (Fsp3) is 0.538. The molecule has 0 heterocycles. The lowest BCUT2D eigenvalue weighted by Crippen LogP contribution is -2.35. The molecule has 1 unspecified atom stereocenters. The van der Waals surface area contributed by atoms with E-state index in [1.807, 2.05) is 7.05 Å². The number of nitrogens with zero attached hydrogens (tertiary/aromatic N) is 1. The van der Waals surface area contributed by atoms with E-state index in [1.165, 1.54) is 11.1 Å². The second-order valence-corrected chi connectivity index (χ2v) is 4.39. The molecule has 1 rings (SSSR count). The first kappa shape index (κ1) is 13.2. The van der Waals surface area contributed by atoms with E-state index in [2.05, 4.69) is 36.1 Å². The molecule has 3 nitrogen and oxygen atoms in total. The zero-order valence-electron chi connectivity index (χ0n) is 10.2. The molecule has 0 radical (unpaired) electrons. The standard InChI is InChI=1S/C13H22N2O/c1-11-4-3-5-12(8-11)6-7-15(2)10-13(16)9-14/h3-5,8,13,16H,6-7,9-10,14H2,1-2H3. The quantitative estimate of drug-likeness (QED) is 0.748. The van der Waals surface area contributed by atoms with E-state index < -0.39 is 6.10 Å². The molecule has 3 N–H and O–H groups in total. The molecule has 0 saturated carbocycles. The maximum absolute atomic E-state index is 9.40. The van der Waals surface area contributed by atoms with Crippen molar-refractivity contribution in [2.24, 2.45) is 5.73 Å². The molecule has 16 heavy (non-hydrogen) atoms. The molecule has 90 valence electrons. The smallest absolute Gasteiger partial charge is 0.0788 e. The topological polar surface area (TPSA) is 49.5 Å². The SMILES string of the molecule is Cc1cccc(CCN(C)CC(O)CN)c1. The highest BCUT2D eigenvalue weighted by molar-refractivity contribution is 5.22.